The summed E-state index contributed by atoms with van der Waals surface area (Å²) in [6.07, 6.45) is 1.16. The van der Waals surface area contributed by atoms with Gasteiger partial charge in [0.15, 0.2) is 0 Å². The molecule has 1 aromatic rings. The second kappa shape index (κ2) is 5.49. The van der Waals surface area contributed by atoms with Gasteiger partial charge in [0.1, 0.15) is 5.82 Å². The monoisotopic (exact) mass is 268 g/mol. The van der Waals surface area contributed by atoms with E-state index in [4.69, 9.17) is 5.73 Å². The number of anilines is 1. The summed E-state index contributed by atoms with van der Waals surface area (Å²) in [6, 6.07) is 5.07. The van der Waals surface area contributed by atoms with Gasteiger partial charge >= 0.3 is 0 Å². The second-order valence-corrected chi connectivity index (χ2v) is 7.25. The Morgan fingerprint density at radius 3 is 2.94 bits per heavy atom. The molecule has 2 N–H and O–H groups in total. The van der Waals surface area contributed by atoms with Gasteiger partial charge in [-0.2, -0.15) is 11.8 Å². The number of hydrogen-bond donors (Lipinski definition) is 1. The predicted octanol–water partition coefficient (Wildman–Crippen LogP) is 3.13. The Hall–Kier alpha value is -0.740. The average Bonchev–Trinajstić information content (AvgIpc) is 2.47. The first-order chi connectivity index (χ1) is 8.48. The van der Waals surface area contributed by atoms with Crippen molar-refractivity contribution in [2.75, 3.05) is 24.6 Å². The van der Waals surface area contributed by atoms with E-state index in [-0.39, 0.29) is 5.82 Å². The van der Waals surface area contributed by atoms with E-state index in [0.717, 1.165) is 37.4 Å². The van der Waals surface area contributed by atoms with Crippen molar-refractivity contribution in [1.82, 2.24) is 4.90 Å². The summed E-state index contributed by atoms with van der Waals surface area (Å²) in [5, 5.41) is 0. The van der Waals surface area contributed by atoms with Crippen LogP contribution in [0.2, 0.25) is 0 Å². The highest BCUT2D eigenvalue weighted by atomic mass is 32.2. The molecule has 1 fully saturated rings. The molecule has 2 nitrogen and oxygen atoms in total. The Labute approximate surface area is 113 Å². The Morgan fingerprint density at radius 2 is 2.17 bits per heavy atom. The van der Waals surface area contributed by atoms with Gasteiger partial charge < -0.3 is 5.73 Å². The standard InChI is InChI=1S/C14H21FN2S/c1-14(2)6-7-17(8-9-18-14)10-11-4-3-5-12(15)13(11)16/h3-5H,6-10,16H2,1-2H3. The van der Waals surface area contributed by atoms with Crippen LogP contribution in [0.25, 0.3) is 0 Å². The van der Waals surface area contributed by atoms with Crippen molar-refractivity contribution in [3.05, 3.63) is 29.6 Å². The fraction of sp³-hybridized carbons (Fsp3) is 0.571. The van der Waals surface area contributed by atoms with Crippen molar-refractivity contribution in [2.45, 2.75) is 31.6 Å². The number of rotatable bonds is 2. The summed E-state index contributed by atoms with van der Waals surface area (Å²) in [7, 11) is 0. The van der Waals surface area contributed by atoms with Crippen LogP contribution in [0.4, 0.5) is 10.1 Å². The van der Waals surface area contributed by atoms with Gasteiger partial charge in [0.2, 0.25) is 0 Å². The molecular formula is C14H21FN2S. The van der Waals surface area contributed by atoms with Crippen LogP contribution in [-0.2, 0) is 6.54 Å². The molecule has 100 valence electrons. The fourth-order valence-electron chi connectivity index (χ4n) is 2.18. The van der Waals surface area contributed by atoms with Crippen LogP contribution in [-0.4, -0.2) is 28.5 Å². The zero-order valence-corrected chi connectivity index (χ0v) is 11.9. The topological polar surface area (TPSA) is 29.3 Å². The molecule has 1 aliphatic heterocycles. The summed E-state index contributed by atoms with van der Waals surface area (Å²) in [5.41, 5.74) is 6.99. The van der Waals surface area contributed by atoms with Crippen LogP contribution in [0.3, 0.4) is 0 Å². The van der Waals surface area contributed by atoms with Gasteiger partial charge in [0, 0.05) is 23.6 Å². The van der Waals surface area contributed by atoms with E-state index >= 15 is 0 Å². The molecule has 4 heteroatoms. The third-order valence-electron chi connectivity index (χ3n) is 3.47. The number of benzene rings is 1. The molecule has 0 atom stereocenters. The van der Waals surface area contributed by atoms with Crippen molar-refractivity contribution in [3.8, 4) is 0 Å². The van der Waals surface area contributed by atoms with E-state index < -0.39 is 0 Å². The second-order valence-electron chi connectivity index (χ2n) is 5.45. The molecule has 0 aromatic heterocycles. The van der Waals surface area contributed by atoms with Gasteiger partial charge in [0.05, 0.1) is 5.69 Å². The quantitative estimate of drug-likeness (QED) is 0.836. The van der Waals surface area contributed by atoms with E-state index in [2.05, 4.69) is 18.7 Å². The first kappa shape index (κ1) is 13.7. The van der Waals surface area contributed by atoms with Crippen LogP contribution < -0.4 is 5.73 Å². The molecule has 1 aromatic carbocycles. The number of hydrogen-bond acceptors (Lipinski definition) is 3. The van der Waals surface area contributed by atoms with Crippen molar-refractivity contribution < 1.29 is 4.39 Å². The largest absolute Gasteiger partial charge is 0.396 e. The van der Waals surface area contributed by atoms with E-state index in [1.54, 1.807) is 6.07 Å². The Morgan fingerprint density at radius 1 is 1.39 bits per heavy atom. The Balaban J connectivity index is 2.03. The van der Waals surface area contributed by atoms with Gasteiger partial charge in [-0.25, -0.2) is 4.39 Å². The lowest BCUT2D eigenvalue weighted by molar-refractivity contribution is 0.276. The van der Waals surface area contributed by atoms with Gasteiger partial charge in [-0.05, 0) is 24.6 Å². The summed E-state index contributed by atoms with van der Waals surface area (Å²) < 4.78 is 13.7. The number of para-hydroxylation sites is 1. The van der Waals surface area contributed by atoms with E-state index in [1.165, 1.54) is 6.07 Å². The molecule has 1 saturated heterocycles. The molecule has 0 unspecified atom stereocenters. The molecule has 1 aliphatic rings. The molecule has 0 radical (unpaired) electrons. The van der Waals surface area contributed by atoms with E-state index in [0.29, 0.717) is 10.4 Å². The number of nitrogens with two attached hydrogens (primary N) is 1. The van der Waals surface area contributed by atoms with Gasteiger partial charge in [-0.15, -0.1) is 0 Å². The number of nitrogens with zero attached hydrogens (tertiary/aromatic N) is 1. The molecule has 1 heterocycles. The third-order valence-corrected chi connectivity index (χ3v) is 4.84. The smallest absolute Gasteiger partial charge is 0.146 e. The average molecular weight is 268 g/mol. The molecule has 0 bridgehead atoms. The third kappa shape index (κ3) is 3.39. The van der Waals surface area contributed by atoms with Crippen molar-refractivity contribution in [2.24, 2.45) is 0 Å². The molecule has 18 heavy (non-hydrogen) atoms. The maximum absolute atomic E-state index is 13.4. The molecule has 0 amide bonds. The first-order valence-electron chi connectivity index (χ1n) is 6.37. The zero-order chi connectivity index (χ0) is 13.2. The maximum atomic E-state index is 13.4. The summed E-state index contributed by atoms with van der Waals surface area (Å²) in [4.78, 5) is 2.37. The highest BCUT2D eigenvalue weighted by molar-refractivity contribution is 8.00. The normalized spacial score (nSPS) is 20.6. The zero-order valence-electron chi connectivity index (χ0n) is 11.1. The lowest BCUT2D eigenvalue weighted by Crippen LogP contribution is -2.27. The van der Waals surface area contributed by atoms with Crippen LogP contribution in [0.15, 0.2) is 18.2 Å². The first-order valence-corrected chi connectivity index (χ1v) is 7.36. The molecule has 0 saturated carbocycles. The lowest BCUT2D eigenvalue weighted by atomic mass is 10.1. The Kier molecular flexibility index (Phi) is 4.17. The predicted molar refractivity (Wildman–Crippen MR) is 77.2 cm³/mol. The number of halogens is 1. The highest BCUT2D eigenvalue weighted by Gasteiger charge is 2.23. The lowest BCUT2D eigenvalue weighted by Gasteiger charge is -2.23. The SMILES string of the molecule is CC1(C)CCN(Cc2cccc(F)c2N)CCS1. The summed E-state index contributed by atoms with van der Waals surface area (Å²) in [6.45, 7) is 7.43. The van der Waals surface area contributed by atoms with Gasteiger partial charge in [-0.1, -0.05) is 26.0 Å². The number of thioether (sulfide) groups is 1. The van der Waals surface area contributed by atoms with Crippen LogP contribution in [0.1, 0.15) is 25.8 Å². The molecule has 2 rings (SSSR count). The highest BCUT2D eigenvalue weighted by Crippen LogP contribution is 2.31. The van der Waals surface area contributed by atoms with Crippen LogP contribution in [0, 0.1) is 5.82 Å². The Bertz CT molecular complexity index is 420. The molecule has 0 aliphatic carbocycles. The minimum Gasteiger partial charge on any atom is -0.396 e. The van der Waals surface area contributed by atoms with Crippen molar-refractivity contribution >= 4 is 17.4 Å². The molecule has 0 spiro atoms. The fourth-order valence-corrected chi connectivity index (χ4v) is 3.32. The minimum atomic E-state index is -0.308. The van der Waals surface area contributed by atoms with Crippen molar-refractivity contribution in [3.63, 3.8) is 0 Å². The molecular weight excluding hydrogens is 247 g/mol. The van der Waals surface area contributed by atoms with Gasteiger partial charge in [0.25, 0.3) is 0 Å². The number of nitrogen functional groups attached to an aromatic ring is 1. The summed E-state index contributed by atoms with van der Waals surface area (Å²) in [5.74, 6) is 0.819. The summed E-state index contributed by atoms with van der Waals surface area (Å²) >= 11 is 2.02. The minimum absolute atomic E-state index is 0.300. The van der Waals surface area contributed by atoms with Crippen molar-refractivity contribution in [1.29, 1.82) is 0 Å². The van der Waals surface area contributed by atoms with E-state index in [1.807, 2.05) is 17.8 Å². The van der Waals surface area contributed by atoms with Gasteiger partial charge in [-0.3, -0.25) is 4.90 Å². The van der Waals surface area contributed by atoms with E-state index in [9.17, 15) is 4.39 Å². The van der Waals surface area contributed by atoms with Crippen LogP contribution in [0.5, 0.6) is 0 Å². The maximum Gasteiger partial charge on any atom is 0.146 e. The van der Waals surface area contributed by atoms with Crippen LogP contribution >= 0.6 is 11.8 Å².